The summed E-state index contributed by atoms with van der Waals surface area (Å²) in [5.41, 5.74) is 1.13. The second-order valence-corrected chi connectivity index (χ2v) is 4.04. The van der Waals surface area contributed by atoms with E-state index in [1.165, 1.54) is 0 Å². The van der Waals surface area contributed by atoms with Crippen LogP contribution >= 0.6 is 0 Å². The van der Waals surface area contributed by atoms with E-state index in [0.29, 0.717) is 12.1 Å². The fraction of sp³-hybridized carbons (Fsp3) is 0.667. The summed E-state index contributed by atoms with van der Waals surface area (Å²) in [6.45, 7) is 17.6. The first kappa shape index (κ1) is 12.4. The van der Waals surface area contributed by atoms with Crippen molar-refractivity contribution in [2.75, 3.05) is 6.54 Å². The van der Waals surface area contributed by atoms with E-state index in [1.54, 1.807) is 0 Å². The van der Waals surface area contributed by atoms with Gasteiger partial charge >= 0.3 is 0 Å². The highest BCUT2D eigenvalue weighted by molar-refractivity contribution is 5.10. The van der Waals surface area contributed by atoms with Crippen molar-refractivity contribution in [2.24, 2.45) is 0 Å². The van der Waals surface area contributed by atoms with E-state index in [2.05, 4.69) is 45.8 Å². The predicted octanol–water partition coefficient (Wildman–Crippen LogP) is 3.24. The highest BCUT2D eigenvalue weighted by Gasteiger charge is 2.12. The molecule has 0 aliphatic carbocycles. The van der Waals surface area contributed by atoms with Gasteiger partial charge in [-0.2, -0.15) is 0 Å². The van der Waals surface area contributed by atoms with Gasteiger partial charge in [-0.25, -0.2) is 0 Å². The van der Waals surface area contributed by atoms with Crippen LogP contribution in [0.3, 0.4) is 0 Å². The molecule has 0 aliphatic rings. The van der Waals surface area contributed by atoms with Gasteiger partial charge < -0.3 is 0 Å². The van der Waals surface area contributed by atoms with E-state index in [-0.39, 0.29) is 0 Å². The summed E-state index contributed by atoms with van der Waals surface area (Å²) >= 11 is 0. The Bertz CT molecular complexity index is 160. The van der Waals surface area contributed by atoms with E-state index in [0.717, 1.165) is 18.5 Å². The van der Waals surface area contributed by atoms with Crippen LogP contribution in [0, 0.1) is 0 Å². The van der Waals surface area contributed by atoms with Crippen molar-refractivity contribution in [3.63, 3.8) is 0 Å². The van der Waals surface area contributed by atoms with Crippen LogP contribution < -0.4 is 0 Å². The van der Waals surface area contributed by atoms with E-state index < -0.39 is 0 Å². The summed E-state index contributed by atoms with van der Waals surface area (Å²) in [6.07, 6.45) is 2.87. The van der Waals surface area contributed by atoms with Crippen LogP contribution in [0.4, 0.5) is 0 Å². The zero-order valence-corrected chi connectivity index (χ0v) is 9.51. The van der Waals surface area contributed by atoms with Crippen molar-refractivity contribution < 1.29 is 0 Å². The van der Waals surface area contributed by atoms with Crippen molar-refractivity contribution in [3.05, 3.63) is 24.8 Å². The fourth-order valence-corrected chi connectivity index (χ4v) is 1.49. The summed E-state index contributed by atoms with van der Waals surface area (Å²) < 4.78 is 0. The molecule has 0 aromatic rings. The Morgan fingerprint density at radius 3 is 2.00 bits per heavy atom. The molecule has 0 aliphatic heterocycles. The summed E-state index contributed by atoms with van der Waals surface area (Å²) in [5, 5.41) is 0. The van der Waals surface area contributed by atoms with Crippen molar-refractivity contribution in [2.45, 2.75) is 46.2 Å². The maximum Gasteiger partial charge on any atom is 0.00414 e. The van der Waals surface area contributed by atoms with Gasteiger partial charge in [-0.15, -0.1) is 0 Å². The van der Waals surface area contributed by atoms with Crippen LogP contribution in [0.15, 0.2) is 24.8 Å². The molecule has 0 atom stereocenters. The van der Waals surface area contributed by atoms with Crippen LogP contribution in [0.5, 0.6) is 0 Å². The average Bonchev–Trinajstić information content (AvgIpc) is 2.03. The van der Waals surface area contributed by atoms with Crippen LogP contribution in [0.2, 0.25) is 0 Å². The van der Waals surface area contributed by atoms with E-state index in [1.807, 2.05) is 6.08 Å². The minimum absolute atomic E-state index is 0.609. The minimum Gasteiger partial charge on any atom is -0.298 e. The molecule has 1 heteroatoms. The van der Waals surface area contributed by atoms with Crippen molar-refractivity contribution in [1.29, 1.82) is 0 Å². The van der Waals surface area contributed by atoms with Crippen LogP contribution in [-0.4, -0.2) is 23.5 Å². The highest BCUT2D eigenvalue weighted by atomic mass is 15.2. The van der Waals surface area contributed by atoms with Gasteiger partial charge in [0.05, 0.1) is 0 Å². The highest BCUT2D eigenvalue weighted by Crippen LogP contribution is 2.08. The number of hydrogen-bond acceptors (Lipinski definition) is 1. The first-order chi connectivity index (χ1) is 5.99. The van der Waals surface area contributed by atoms with E-state index >= 15 is 0 Å². The van der Waals surface area contributed by atoms with Crippen LogP contribution in [-0.2, 0) is 0 Å². The van der Waals surface area contributed by atoms with Gasteiger partial charge in [0.15, 0.2) is 0 Å². The Morgan fingerprint density at radius 1 is 1.23 bits per heavy atom. The van der Waals surface area contributed by atoms with Crippen molar-refractivity contribution in [3.8, 4) is 0 Å². The molecule has 0 radical (unpaired) electrons. The van der Waals surface area contributed by atoms with Crippen molar-refractivity contribution >= 4 is 0 Å². The lowest BCUT2D eigenvalue weighted by Crippen LogP contribution is -2.37. The van der Waals surface area contributed by atoms with Gasteiger partial charge in [0, 0.05) is 18.6 Å². The van der Waals surface area contributed by atoms with E-state index in [4.69, 9.17) is 0 Å². The molecule has 0 rings (SSSR count). The number of allylic oxidation sites excluding steroid dienone is 1. The van der Waals surface area contributed by atoms with Crippen molar-refractivity contribution in [1.82, 2.24) is 4.90 Å². The second kappa shape index (κ2) is 5.98. The third kappa shape index (κ3) is 4.89. The summed E-state index contributed by atoms with van der Waals surface area (Å²) in [6, 6.07) is 1.22. The van der Waals surface area contributed by atoms with Crippen LogP contribution in [0.1, 0.15) is 34.1 Å². The quantitative estimate of drug-likeness (QED) is 0.569. The molecule has 0 unspecified atom stereocenters. The first-order valence-corrected chi connectivity index (χ1v) is 5.05. The van der Waals surface area contributed by atoms with Gasteiger partial charge in [0.1, 0.15) is 0 Å². The van der Waals surface area contributed by atoms with Gasteiger partial charge in [-0.1, -0.05) is 24.8 Å². The molecule has 0 N–H and O–H groups in total. The SMILES string of the molecule is C=CC(=C)CCN(C(C)C)C(C)C. The number of rotatable bonds is 6. The average molecular weight is 181 g/mol. The predicted molar refractivity (Wildman–Crippen MR) is 60.9 cm³/mol. The zero-order chi connectivity index (χ0) is 10.4. The lowest BCUT2D eigenvalue weighted by Gasteiger charge is -2.30. The summed E-state index contributed by atoms with van der Waals surface area (Å²) in [5.74, 6) is 0. The maximum absolute atomic E-state index is 3.92. The Balaban J connectivity index is 3.97. The summed E-state index contributed by atoms with van der Waals surface area (Å²) in [7, 11) is 0. The molecule has 0 aromatic carbocycles. The molecule has 0 spiro atoms. The standard InChI is InChI=1S/C12H23N/c1-7-12(6)8-9-13(10(2)3)11(4)5/h7,10-11H,1,6,8-9H2,2-5H3. The molecule has 0 bridgehead atoms. The molecule has 0 aromatic heterocycles. The lowest BCUT2D eigenvalue weighted by atomic mass is 10.1. The van der Waals surface area contributed by atoms with Gasteiger partial charge in [-0.05, 0) is 34.1 Å². The molecule has 0 fully saturated rings. The number of hydrogen-bond donors (Lipinski definition) is 0. The largest absolute Gasteiger partial charge is 0.298 e. The molecular weight excluding hydrogens is 158 g/mol. The second-order valence-electron chi connectivity index (χ2n) is 4.04. The maximum atomic E-state index is 3.92. The Hall–Kier alpha value is -0.560. The summed E-state index contributed by atoms with van der Waals surface area (Å²) in [4.78, 5) is 2.47. The topological polar surface area (TPSA) is 3.24 Å². The molecule has 0 saturated heterocycles. The Kier molecular flexibility index (Phi) is 5.72. The molecule has 76 valence electrons. The third-order valence-electron chi connectivity index (χ3n) is 2.31. The molecule has 0 heterocycles. The molecular formula is C12H23N. The first-order valence-electron chi connectivity index (χ1n) is 5.05. The van der Waals surface area contributed by atoms with Gasteiger partial charge in [-0.3, -0.25) is 4.90 Å². The Labute approximate surface area is 83.1 Å². The van der Waals surface area contributed by atoms with Crippen LogP contribution in [0.25, 0.3) is 0 Å². The number of nitrogens with zero attached hydrogens (tertiary/aromatic N) is 1. The minimum atomic E-state index is 0.609. The molecule has 13 heavy (non-hydrogen) atoms. The van der Waals surface area contributed by atoms with E-state index in [9.17, 15) is 0 Å². The normalized spacial score (nSPS) is 11.3. The smallest absolute Gasteiger partial charge is 0.00414 e. The molecule has 0 saturated carbocycles. The monoisotopic (exact) mass is 181 g/mol. The fourth-order valence-electron chi connectivity index (χ4n) is 1.49. The lowest BCUT2D eigenvalue weighted by molar-refractivity contribution is 0.178. The molecule has 1 nitrogen and oxygen atoms in total. The zero-order valence-electron chi connectivity index (χ0n) is 9.51. The Morgan fingerprint density at radius 2 is 1.69 bits per heavy atom. The molecule has 0 amide bonds. The van der Waals surface area contributed by atoms with Gasteiger partial charge in [0.25, 0.3) is 0 Å². The third-order valence-corrected chi connectivity index (χ3v) is 2.31. The van der Waals surface area contributed by atoms with Gasteiger partial charge in [0.2, 0.25) is 0 Å².